The zero-order valence-corrected chi connectivity index (χ0v) is 6.23. The number of fused-ring (bicyclic) bond motifs is 1. The molecule has 1 aliphatic carbocycles. The van der Waals surface area contributed by atoms with Gasteiger partial charge in [-0.1, -0.05) is 15.9 Å². The molecule has 1 nitrogen and oxygen atoms in total. The molecule has 0 aromatic rings. The Morgan fingerprint density at radius 3 is 2.75 bits per heavy atom. The Kier molecular flexibility index (Phi) is 1.12. The molecule has 1 heterocycles. The summed E-state index contributed by atoms with van der Waals surface area (Å²) < 4.78 is 5.26. The zero-order valence-electron chi connectivity index (χ0n) is 4.64. The summed E-state index contributed by atoms with van der Waals surface area (Å²) in [6, 6.07) is 0. The van der Waals surface area contributed by atoms with Crippen LogP contribution in [0.25, 0.3) is 0 Å². The molecule has 0 unspecified atom stereocenters. The molecule has 0 amide bonds. The van der Waals surface area contributed by atoms with E-state index in [4.69, 9.17) is 4.74 Å². The molecular weight excluding hydrogens is 168 g/mol. The van der Waals surface area contributed by atoms with Gasteiger partial charge in [0.15, 0.2) is 0 Å². The van der Waals surface area contributed by atoms with Crippen molar-refractivity contribution >= 4 is 15.9 Å². The lowest BCUT2D eigenvalue weighted by Crippen LogP contribution is -2.06. The maximum atomic E-state index is 5.26. The van der Waals surface area contributed by atoms with Crippen molar-refractivity contribution in [3.05, 3.63) is 0 Å². The number of hydrogen-bond acceptors (Lipinski definition) is 1. The second-order valence-electron chi connectivity index (χ2n) is 2.64. The minimum atomic E-state index is 0.796. The summed E-state index contributed by atoms with van der Waals surface area (Å²) in [5.41, 5.74) is 0. The lowest BCUT2D eigenvalue weighted by molar-refractivity contribution is 0.0890. The van der Waals surface area contributed by atoms with Crippen LogP contribution >= 0.6 is 15.9 Å². The average molecular weight is 177 g/mol. The van der Waals surface area contributed by atoms with E-state index in [0.29, 0.717) is 0 Å². The predicted molar refractivity (Wildman–Crippen MR) is 35.1 cm³/mol. The molecule has 1 saturated carbocycles. The van der Waals surface area contributed by atoms with E-state index in [9.17, 15) is 0 Å². The van der Waals surface area contributed by atoms with Crippen molar-refractivity contribution in [3.8, 4) is 0 Å². The molecule has 0 radical (unpaired) electrons. The number of rotatable bonds is 0. The fourth-order valence-electron chi connectivity index (χ4n) is 1.43. The Bertz CT molecular complexity index is 92.7. The van der Waals surface area contributed by atoms with Gasteiger partial charge in [-0.25, -0.2) is 0 Å². The smallest absolute Gasteiger partial charge is 0.0508 e. The maximum absolute atomic E-state index is 5.26. The SMILES string of the molecule is Br[C@@H]1[C@H]2COCC[C@@H]12. The minimum Gasteiger partial charge on any atom is -0.381 e. The summed E-state index contributed by atoms with van der Waals surface area (Å²) in [4.78, 5) is 0.796. The number of alkyl halides is 1. The zero-order chi connectivity index (χ0) is 5.56. The molecule has 0 N–H and O–H groups in total. The highest BCUT2D eigenvalue weighted by Gasteiger charge is 2.49. The lowest BCUT2D eigenvalue weighted by atomic mass is 10.2. The van der Waals surface area contributed by atoms with Gasteiger partial charge in [0.2, 0.25) is 0 Å². The first-order chi connectivity index (χ1) is 3.89. The van der Waals surface area contributed by atoms with Crippen LogP contribution in [0.1, 0.15) is 6.42 Å². The van der Waals surface area contributed by atoms with Crippen LogP contribution in [-0.4, -0.2) is 18.0 Å². The van der Waals surface area contributed by atoms with Gasteiger partial charge in [0.25, 0.3) is 0 Å². The number of hydrogen-bond donors (Lipinski definition) is 0. The van der Waals surface area contributed by atoms with Crippen LogP contribution in [0.15, 0.2) is 0 Å². The first-order valence-corrected chi connectivity index (χ1v) is 4.03. The van der Waals surface area contributed by atoms with Gasteiger partial charge in [0.05, 0.1) is 6.61 Å². The van der Waals surface area contributed by atoms with Crippen LogP contribution < -0.4 is 0 Å². The van der Waals surface area contributed by atoms with Gasteiger partial charge in [-0.15, -0.1) is 0 Å². The van der Waals surface area contributed by atoms with Gasteiger partial charge in [0, 0.05) is 11.4 Å². The van der Waals surface area contributed by atoms with Gasteiger partial charge >= 0.3 is 0 Å². The molecule has 1 aliphatic heterocycles. The summed E-state index contributed by atoms with van der Waals surface area (Å²) in [5.74, 6) is 1.83. The normalized spacial score (nSPS) is 52.9. The van der Waals surface area contributed by atoms with E-state index in [0.717, 1.165) is 29.9 Å². The van der Waals surface area contributed by atoms with Crippen molar-refractivity contribution < 1.29 is 4.74 Å². The first kappa shape index (κ1) is 5.24. The Labute approximate surface area is 57.5 Å². The van der Waals surface area contributed by atoms with Gasteiger partial charge < -0.3 is 4.74 Å². The Morgan fingerprint density at radius 1 is 1.38 bits per heavy atom. The second-order valence-corrected chi connectivity index (χ2v) is 3.69. The van der Waals surface area contributed by atoms with Crippen LogP contribution in [0, 0.1) is 11.8 Å². The molecular formula is C6H9BrO. The Morgan fingerprint density at radius 2 is 2.25 bits per heavy atom. The number of ether oxygens (including phenoxy) is 1. The minimum absolute atomic E-state index is 0.796. The highest BCUT2D eigenvalue weighted by molar-refractivity contribution is 9.09. The summed E-state index contributed by atoms with van der Waals surface area (Å²) in [6.45, 7) is 1.99. The van der Waals surface area contributed by atoms with E-state index < -0.39 is 0 Å². The largest absolute Gasteiger partial charge is 0.381 e. The third kappa shape index (κ3) is 0.627. The van der Waals surface area contributed by atoms with Crippen LogP contribution in [0.5, 0.6) is 0 Å². The van der Waals surface area contributed by atoms with E-state index >= 15 is 0 Å². The molecule has 2 rings (SSSR count). The summed E-state index contributed by atoms with van der Waals surface area (Å²) >= 11 is 3.60. The molecule has 3 atom stereocenters. The molecule has 8 heavy (non-hydrogen) atoms. The second kappa shape index (κ2) is 1.71. The average Bonchev–Trinajstić information content (AvgIpc) is 2.46. The first-order valence-electron chi connectivity index (χ1n) is 3.11. The van der Waals surface area contributed by atoms with E-state index in [2.05, 4.69) is 15.9 Å². The summed E-state index contributed by atoms with van der Waals surface area (Å²) in [5, 5.41) is 0. The monoisotopic (exact) mass is 176 g/mol. The summed E-state index contributed by atoms with van der Waals surface area (Å²) in [6.07, 6.45) is 1.28. The molecule has 46 valence electrons. The van der Waals surface area contributed by atoms with E-state index in [1.54, 1.807) is 0 Å². The highest BCUT2D eigenvalue weighted by Crippen LogP contribution is 2.49. The van der Waals surface area contributed by atoms with Gasteiger partial charge in [-0.3, -0.25) is 0 Å². The molecule has 0 bridgehead atoms. The van der Waals surface area contributed by atoms with Crippen LogP contribution in [0.3, 0.4) is 0 Å². The molecule has 2 heteroatoms. The van der Waals surface area contributed by atoms with Gasteiger partial charge in [-0.05, 0) is 18.3 Å². The van der Waals surface area contributed by atoms with Crippen molar-refractivity contribution in [2.24, 2.45) is 11.8 Å². The highest BCUT2D eigenvalue weighted by atomic mass is 79.9. The molecule has 0 spiro atoms. The van der Waals surface area contributed by atoms with Crippen molar-refractivity contribution in [1.82, 2.24) is 0 Å². The standard InChI is InChI=1S/C6H9BrO/c7-6-4-1-2-8-3-5(4)6/h4-6H,1-3H2/t4-,5+,6+/m1/s1. The molecule has 2 aliphatic rings. The predicted octanol–water partition coefficient (Wildman–Crippen LogP) is 1.42. The number of halogens is 1. The van der Waals surface area contributed by atoms with Crippen molar-refractivity contribution in [1.29, 1.82) is 0 Å². The summed E-state index contributed by atoms with van der Waals surface area (Å²) in [7, 11) is 0. The lowest BCUT2D eigenvalue weighted by Gasteiger charge is -2.07. The van der Waals surface area contributed by atoms with E-state index in [1.807, 2.05) is 0 Å². The van der Waals surface area contributed by atoms with Gasteiger partial charge in [0.1, 0.15) is 0 Å². The third-order valence-corrected chi connectivity index (χ3v) is 3.49. The fraction of sp³-hybridized carbons (Fsp3) is 1.00. The van der Waals surface area contributed by atoms with E-state index in [1.165, 1.54) is 6.42 Å². The Hall–Kier alpha value is 0.440. The molecule has 0 aromatic heterocycles. The topological polar surface area (TPSA) is 9.23 Å². The van der Waals surface area contributed by atoms with E-state index in [-0.39, 0.29) is 0 Å². The maximum Gasteiger partial charge on any atom is 0.0508 e. The van der Waals surface area contributed by atoms with Crippen LogP contribution in [0.2, 0.25) is 0 Å². The fourth-order valence-corrected chi connectivity index (χ4v) is 2.45. The van der Waals surface area contributed by atoms with Crippen molar-refractivity contribution in [2.45, 2.75) is 11.2 Å². The van der Waals surface area contributed by atoms with Crippen LogP contribution in [0.4, 0.5) is 0 Å². The Balaban J connectivity index is 1.97. The molecule has 1 saturated heterocycles. The van der Waals surface area contributed by atoms with Crippen molar-refractivity contribution in [2.75, 3.05) is 13.2 Å². The van der Waals surface area contributed by atoms with Gasteiger partial charge in [-0.2, -0.15) is 0 Å². The molecule has 0 aromatic carbocycles. The third-order valence-electron chi connectivity index (χ3n) is 2.13. The van der Waals surface area contributed by atoms with Crippen LogP contribution in [-0.2, 0) is 4.74 Å². The quantitative estimate of drug-likeness (QED) is 0.508. The molecule has 2 fully saturated rings. The van der Waals surface area contributed by atoms with Crippen molar-refractivity contribution in [3.63, 3.8) is 0 Å².